The average Bonchev–Trinajstić information content (AvgIpc) is 2.30. The summed E-state index contributed by atoms with van der Waals surface area (Å²) in [7, 11) is 0. The Morgan fingerprint density at radius 3 is 1.88 bits per heavy atom. The van der Waals surface area contributed by atoms with Gasteiger partial charge in [-0.3, -0.25) is 4.79 Å². The van der Waals surface area contributed by atoms with E-state index in [1.54, 1.807) is 0 Å². The van der Waals surface area contributed by atoms with Crippen molar-refractivity contribution in [3.8, 4) is 11.1 Å². The molecule has 0 aliphatic heterocycles. The van der Waals surface area contributed by atoms with Crippen LogP contribution in [-0.2, 0) is 4.79 Å². The molecule has 2 rings (SSSR count). The van der Waals surface area contributed by atoms with Crippen LogP contribution in [0.4, 0.5) is 5.69 Å². The van der Waals surface area contributed by atoms with Gasteiger partial charge >= 0.3 is 0 Å². The molecule has 0 aromatic heterocycles. The van der Waals surface area contributed by atoms with E-state index in [2.05, 4.69) is 52.2 Å². The van der Waals surface area contributed by atoms with Crippen LogP contribution in [0, 0.1) is 3.57 Å². The molecule has 2 aromatic carbocycles. The van der Waals surface area contributed by atoms with Crippen LogP contribution in [0.1, 0.15) is 6.92 Å². The Hall–Kier alpha value is -1.36. The van der Waals surface area contributed by atoms with Gasteiger partial charge in [0.15, 0.2) is 0 Å². The Morgan fingerprint density at radius 2 is 1.41 bits per heavy atom. The third kappa shape index (κ3) is 3.30. The summed E-state index contributed by atoms with van der Waals surface area (Å²) in [6.45, 7) is 1.51. The second-order valence-corrected chi connectivity index (χ2v) is 5.01. The molecule has 1 amide bonds. The third-order valence-corrected chi connectivity index (χ3v) is 3.10. The fourth-order valence-electron chi connectivity index (χ4n) is 1.59. The SMILES string of the molecule is CC(=O)Nc1ccc(-c2ccc(I)cc2)cc1. The van der Waals surface area contributed by atoms with Crippen molar-refractivity contribution in [2.75, 3.05) is 5.32 Å². The molecule has 2 aromatic rings. The Labute approximate surface area is 114 Å². The van der Waals surface area contributed by atoms with E-state index in [4.69, 9.17) is 0 Å². The molecule has 0 unspecified atom stereocenters. The maximum atomic E-state index is 10.9. The van der Waals surface area contributed by atoms with Gasteiger partial charge in [-0.05, 0) is 58.0 Å². The molecule has 0 aliphatic carbocycles. The third-order valence-electron chi connectivity index (χ3n) is 2.38. The Bertz CT molecular complexity index is 517. The monoisotopic (exact) mass is 337 g/mol. The van der Waals surface area contributed by atoms with Gasteiger partial charge in [0.1, 0.15) is 0 Å². The van der Waals surface area contributed by atoms with E-state index in [0.717, 1.165) is 11.3 Å². The summed E-state index contributed by atoms with van der Waals surface area (Å²) in [5.74, 6) is -0.0491. The molecule has 17 heavy (non-hydrogen) atoms. The first-order valence-electron chi connectivity index (χ1n) is 5.29. The lowest BCUT2D eigenvalue weighted by atomic mass is 10.1. The summed E-state index contributed by atoms with van der Waals surface area (Å²) in [6, 6.07) is 16.2. The van der Waals surface area contributed by atoms with Crippen LogP contribution in [0.2, 0.25) is 0 Å². The van der Waals surface area contributed by atoms with Gasteiger partial charge in [0, 0.05) is 16.2 Å². The maximum absolute atomic E-state index is 10.9. The summed E-state index contributed by atoms with van der Waals surface area (Å²) in [5, 5.41) is 2.75. The van der Waals surface area contributed by atoms with Gasteiger partial charge in [0.2, 0.25) is 5.91 Å². The van der Waals surface area contributed by atoms with E-state index in [1.165, 1.54) is 16.1 Å². The molecule has 0 fully saturated rings. The van der Waals surface area contributed by atoms with Gasteiger partial charge in [-0.2, -0.15) is 0 Å². The number of nitrogens with one attached hydrogen (secondary N) is 1. The minimum Gasteiger partial charge on any atom is -0.326 e. The molecule has 0 saturated carbocycles. The van der Waals surface area contributed by atoms with Gasteiger partial charge < -0.3 is 5.32 Å². The number of halogens is 1. The lowest BCUT2D eigenvalue weighted by molar-refractivity contribution is -0.114. The van der Waals surface area contributed by atoms with Crippen molar-refractivity contribution in [1.29, 1.82) is 0 Å². The van der Waals surface area contributed by atoms with Crippen LogP contribution in [0.5, 0.6) is 0 Å². The Balaban J connectivity index is 2.23. The highest BCUT2D eigenvalue weighted by atomic mass is 127. The first-order valence-corrected chi connectivity index (χ1v) is 6.36. The second-order valence-electron chi connectivity index (χ2n) is 3.77. The normalized spacial score (nSPS) is 10.0. The molecule has 86 valence electrons. The predicted octanol–water partition coefficient (Wildman–Crippen LogP) is 3.92. The zero-order valence-corrected chi connectivity index (χ0v) is 11.6. The summed E-state index contributed by atoms with van der Waals surface area (Å²) >= 11 is 2.29. The molecule has 0 heterocycles. The molecule has 0 saturated heterocycles. The van der Waals surface area contributed by atoms with Crippen molar-refractivity contribution in [2.24, 2.45) is 0 Å². The van der Waals surface area contributed by atoms with E-state index in [1.807, 2.05) is 24.3 Å². The van der Waals surface area contributed by atoms with Crippen molar-refractivity contribution in [3.63, 3.8) is 0 Å². The van der Waals surface area contributed by atoms with E-state index in [0.29, 0.717) is 0 Å². The van der Waals surface area contributed by atoms with E-state index < -0.39 is 0 Å². The fourth-order valence-corrected chi connectivity index (χ4v) is 1.95. The highest BCUT2D eigenvalue weighted by Crippen LogP contribution is 2.22. The average molecular weight is 337 g/mol. The number of carbonyl (C=O) groups is 1. The second kappa shape index (κ2) is 5.31. The van der Waals surface area contributed by atoms with Gasteiger partial charge in [-0.15, -0.1) is 0 Å². The lowest BCUT2D eigenvalue weighted by Gasteiger charge is -2.05. The molecule has 0 aliphatic rings. The molecule has 1 N–H and O–H groups in total. The van der Waals surface area contributed by atoms with Crippen molar-refractivity contribution in [1.82, 2.24) is 0 Å². The number of amides is 1. The zero-order valence-electron chi connectivity index (χ0n) is 9.41. The van der Waals surface area contributed by atoms with E-state index in [-0.39, 0.29) is 5.91 Å². The van der Waals surface area contributed by atoms with Crippen LogP contribution in [0.3, 0.4) is 0 Å². The van der Waals surface area contributed by atoms with Crippen LogP contribution in [0.15, 0.2) is 48.5 Å². The maximum Gasteiger partial charge on any atom is 0.221 e. The van der Waals surface area contributed by atoms with Gasteiger partial charge in [-0.25, -0.2) is 0 Å². The molecule has 0 bridgehead atoms. The van der Waals surface area contributed by atoms with E-state index in [9.17, 15) is 4.79 Å². The largest absolute Gasteiger partial charge is 0.326 e. The fraction of sp³-hybridized carbons (Fsp3) is 0.0714. The first-order chi connectivity index (χ1) is 8.15. The minimum absolute atomic E-state index is 0.0491. The summed E-state index contributed by atoms with van der Waals surface area (Å²) in [6.07, 6.45) is 0. The quantitative estimate of drug-likeness (QED) is 0.827. The Morgan fingerprint density at radius 1 is 0.941 bits per heavy atom. The number of hydrogen-bond donors (Lipinski definition) is 1. The minimum atomic E-state index is -0.0491. The van der Waals surface area contributed by atoms with Crippen molar-refractivity contribution in [2.45, 2.75) is 6.92 Å². The highest BCUT2D eigenvalue weighted by molar-refractivity contribution is 14.1. The van der Waals surface area contributed by atoms with Gasteiger partial charge in [-0.1, -0.05) is 24.3 Å². The number of rotatable bonds is 2. The smallest absolute Gasteiger partial charge is 0.221 e. The van der Waals surface area contributed by atoms with Gasteiger partial charge in [0.25, 0.3) is 0 Å². The molecule has 3 heteroatoms. The van der Waals surface area contributed by atoms with Crippen LogP contribution < -0.4 is 5.32 Å². The molecule has 0 spiro atoms. The topological polar surface area (TPSA) is 29.1 Å². The Kier molecular flexibility index (Phi) is 3.78. The van der Waals surface area contributed by atoms with Crippen LogP contribution >= 0.6 is 22.6 Å². The first kappa shape index (κ1) is 12.1. The number of anilines is 1. The zero-order chi connectivity index (χ0) is 12.3. The van der Waals surface area contributed by atoms with Gasteiger partial charge in [0.05, 0.1) is 0 Å². The predicted molar refractivity (Wildman–Crippen MR) is 78.9 cm³/mol. The molecule has 0 atom stereocenters. The number of carbonyl (C=O) groups excluding carboxylic acids is 1. The lowest BCUT2D eigenvalue weighted by Crippen LogP contribution is -2.05. The molecular formula is C14H12INO. The highest BCUT2D eigenvalue weighted by Gasteiger charge is 1.99. The van der Waals surface area contributed by atoms with Crippen molar-refractivity contribution in [3.05, 3.63) is 52.1 Å². The van der Waals surface area contributed by atoms with Crippen LogP contribution in [0.25, 0.3) is 11.1 Å². The van der Waals surface area contributed by atoms with Crippen molar-refractivity contribution < 1.29 is 4.79 Å². The number of hydrogen-bond acceptors (Lipinski definition) is 1. The summed E-state index contributed by atoms with van der Waals surface area (Å²) in [4.78, 5) is 10.9. The molecule has 2 nitrogen and oxygen atoms in total. The molecular weight excluding hydrogens is 325 g/mol. The number of benzene rings is 2. The van der Waals surface area contributed by atoms with Crippen LogP contribution in [-0.4, -0.2) is 5.91 Å². The van der Waals surface area contributed by atoms with Crippen molar-refractivity contribution >= 4 is 34.2 Å². The standard InChI is InChI=1S/C14H12INO/c1-10(17)16-14-8-4-12(5-9-14)11-2-6-13(15)7-3-11/h2-9H,1H3,(H,16,17). The summed E-state index contributed by atoms with van der Waals surface area (Å²) < 4.78 is 1.22. The van der Waals surface area contributed by atoms with E-state index >= 15 is 0 Å². The summed E-state index contributed by atoms with van der Waals surface area (Å²) in [5.41, 5.74) is 3.15. The molecule has 0 radical (unpaired) electrons.